The van der Waals surface area contributed by atoms with E-state index >= 15 is 0 Å². The molecule has 37 heavy (non-hydrogen) atoms. The third-order valence-electron chi connectivity index (χ3n) is 6.89. The second kappa shape index (κ2) is 11.1. The molecule has 1 amide bonds. The van der Waals surface area contributed by atoms with Gasteiger partial charge in [0, 0.05) is 25.1 Å². The highest BCUT2D eigenvalue weighted by Gasteiger charge is 2.35. The number of sulfonamides is 1. The number of methoxy groups -OCH3 is 1. The molecule has 4 rings (SSSR count). The topological polar surface area (TPSA) is 66.9 Å². The average molecular weight is 541 g/mol. The molecule has 1 aliphatic heterocycles. The molecule has 8 heteroatoms. The summed E-state index contributed by atoms with van der Waals surface area (Å²) in [5.41, 5.74) is 4.26. The normalized spacial score (nSPS) is 16.2. The third-order valence-corrected chi connectivity index (χ3v) is 9.75. The van der Waals surface area contributed by atoms with Crippen LogP contribution < -0.4 is 0 Å². The van der Waals surface area contributed by atoms with Crippen molar-refractivity contribution in [3.63, 3.8) is 0 Å². The number of fused-ring (bicyclic) bond motifs is 1. The van der Waals surface area contributed by atoms with Gasteiger partial charge in [-0.15, -0.1) is 11.3 Å². The molecule has 0 saturated carbocycles. The van der Waals surface area contributed by atoms with Crippen LogP contribution in [0.25, 0.3) is 0 Å². The Morgan fingerprint density at radius 2 is 1.76 bits per heavy atom. The summed E-state index contributed by atoms with van der Waals surface area (Å²) in [6.45, 7) is 8.89. The van der Waals surface area contributed by atoms with Crippen molar-refractivity contribution in [2.24, 2.45) is 0 Å². The lowest BCUT2D eigenvalue weighted by Gasteiger charge is -2.37. The van der Waals surface area contributed by atoms with Gasteiger partial charge in [-0.2, -0.15) is 4.31 Å². The van der Waals surface area contributed by atoms with E-state index in [1.54, 1.807) is 23.5 Å². The Morgan fingerprint density at radius 1 is 1.08 bits per heavy atom. The number of carbonyl (C=O) groups excluding carboxylic acids is 1. The highest BCUT2D eigenvalue weighted by atomic mass is 32.2. The summed E-state index contributed by atoms with van der Waals surface area (Å²) in [4.78, 5) is 17.1. The highest BCUT2D eigenvalue weighted by Crippen LogP contribution is 2.38. The number of aryl methyl sites for hydroxylation is 1. The lowest BCUT2D eigenvalue weighted by atomic mass is 9.87. The second-order valence-corrected chi connectivity index (χ2v) is 13.5. The first kappa shape index (κ1) is 27.5. The summed E-state index contributed by atoms with van der Waals surface area (Å²) >= 11 is 1.71. The number of thiophene rings is 1. The molecule has 2 heterocycles. The van der Waals surface area contributed by atoms with Crippen LogP contribution in [-0.4, -0.2) is 56.9 Å². The van der Waals surface area contributed by atoms with Crippen LogP contribution in [0, 0.1) is 6.92 Å². The number of carbonyl (C=O) groups is 1. The van der Waals surface area contributed by atoms with E-state index in [0.717, 1.165) is 28.7 Å². The first-order chi connectivity index (χ1) is 17.5. The van der Waals surface area contributed by atoms with Crippen LogP contribution in [0.5, 0.6) is 0 Å². The van der Waals surface area contributed by atoms with E-state index in [1.165, 1.54) is 16.3 Å². The maximum absolute atomic E-state index is 13.8. The fourth-order valence-corrected chi connectivity index (χ4v) is 6.97. The maximum atomic E-state index is 13.8. The number of nitrogens with zero attached hydrogens (tertiary/aromatic N) is 2. The van der Waals surface area contributed by atoms with Crippen molar-refractivity contribution < 1.29 is 17.9 Å². The lowest BCUT2D eigenvalue weighted by Crippen LogP contribution is -2.47. The maximum Gasteiger partial charge on any atom is 0.243 e. The molecule has 0 fully saturated rings. The van der Waals surface area contributed by atoms with Crippen LogP contribution in [0.4, 0.5) is 0 Å². The number of ether oxygens (including phenoxy) is 1. The Balaban J connectivity index is 1.63. The van der Waals surface area contributed by atoms with Crippen LogP contribution in [0.1, 0.15) is 53.9 Å². The van der Waals surface area contributed by atoms with Gasteiger partial charge in [-0.05, 0) is 59.0 Å². The van der Waals surface area contributed by atoms with E-state index < -0.39 is 10.0 Å². The van der Waals surface area contributed by atoms with E-state index in [0.29, 0.717) is 6.54 Å². The van der Waals surface area contributed by atoms with Gasteiger partial charge < -0.3 is 9.64 Å². The van der Waals surface area contributed by atoms with Gasteiger partial charge in [0.1, 0.15) is 0 Å². The first-order valence-electron chi connectivity index (χ1n) is 12.5. The van der Waals surface area contributed by atoms with E-state index in [1.807, 2.05) is 24.0 Å². The molecular weight excluding hydrogens is 504 g/mol. The molecule has 198 valence electrons. The quantitative estimate of drug-likeness (QED) is 0.396. The molecule has 0 bridgehead atoms. The molecule has 0 aliphatic carbocycles. The number of hydrogen-bond acceptors (Lipinski definition) is 5. The molecule has 0 saturated heterocycles. The summed E-state index contributed by atoms with van der Waals surface area (Å²) in [5, 5.41) is 2.07. The lowest BCUT2D eigenvalue weighted by molar-refractivity contribution is -0.133. The van der Waals surface area contributed by atoms with Crippen LogP contribution in [0.3, 0.4) is 0 Å². The van der Waals surface area contributed by atoms with Gasteiger partial charge in [-0.3, -0.25) is 4.79 Å². The minimum atomic E-state index is -3.90. The zero-order chi connectivity index (χ0) is 26.8. The molecule has 1 aliphatic rings. The van der Waals surface area contributed by atoms with Crippen LogP contribution >= 0.6 is 11.3 Å². The van der Waals surface area contributed by atoms with Crippen LogP contribution in [0.15, 0.2) is 64.9 Å². The number of rotatable bonds is 8. The van der Waals surface area contributed by atoms with E-state index in [9.17, 15) is 13.2 Å². The fraction of sp³-hybridized carbons (Fsp3) is 0.414. The van der Waals surface area contributed by atoms with Crippen LogP contribution in [0.2, 0.25) is 0 Å². The van der Waals surface area contributed by atoms with E-state index in [-0.39, 0.29) is 42.0 Å². The van der Waals surface area contributed by atoms with Gasteiger partial charge in [-0.25, -0.2) is 8.42 Å². The van der Waals surface area contributed by atoms with E-state index in [4.69, 9.17) is 4.74 Å². The van der Waals surface area contributed by atoms with Gasteiger partial charge in [-0.1, -0.05) is 62.7 Å². The summed E-state index contributed by atoms with van der Waals surface area (Å²) in [5.74, 6) is -0.214. The van der Waals surface area contributed by atoms with Gasteiger partial charge in [0.05, 0.1) is 24.1 Å². The zero-order valence-corrected chi connectivity index (χ0v) is 23.9. The zero-order valence-electron chi connectivity index (χ0n) is 22.2. The van der Waals surface area contributed by atoms with Gasteiger partial charge in [0.25, 0.3) is 0 Å². The fourth-order valence-electron chi connectivity index (χ4n) is 4.69. The number of benzene rings is 2. The molecule has 0 N–H and O–H groups in total. The first-order valence-corrected chi connectivity index (χ1v) is 14.9. The monoisotopic (exact) mass is 540 g/mol. The van der Waals surface area contributed by atoms with Crippen molar-refractivity contribution in [3.8, 4) is 0 Å². The molecule has 1 aromatic heterocycles. The van der Waals surface area contributed by atoms with Gasteiger partial charge >= 0.3 is 0 Å². The Kier molecular flexibility index (Phi) is 8.23. The van der Waals surface area contributed by atoms with Crippen molar-refractivity contribution in [2.75, 3.05) is 33.4 Å². The number of amides is 1. The summed E-state index contributed by atoms with van der Waals surface area (Å²) in [6, 6.07) is 17.0. The molecular formula is C29H36N2O4S2. The Labute approximate surface area is 224 Å². The van der Waals surface area contributed by atoms with Gasteiger partial charge in [0.15, 0.2) is 0 Å². The average Bonchev–Trinajstić information content (AvgIpc) is 3.35. The molecule has 1 unspecified atom stereocenters. The predicted octanol–water partition coefficient (Wildman–Crippen LogP) is 5.17. The summed E-state index contributed by atoms with van der Waals surface area (Å²) in [7, 11) is -2.37. The van der Waals surface area contributed by atoms with Crippen LogP contribution in [-0.2, 0) is 31.4 Å². The minimum Gasteiger partial charge on any atom is -0.383 e. The summed E-state index contributed by atoms with van der Waals surface area (Å²) < 4.78 is 33.8. The Morgan fingerprint density at radius 3 is 2.38 bits per heavy atom. The predicted molar refractivity (Wildman–Crippen MR) is 149 cm³/mol. The van der Waals surface area contributed by atoms with Crippen molar-refractivity contribution in [2.45, 2.75) is 50.5 Å². The smallest absolute Gasteiger partial charge is 0.243 e. The van der Waals surface area contributed by atoms with Crippen molar-refractivity contribution in [1.82, 2.24) is 9.21 Å². The Bertz CT molecular complexity index is 1320. The van der Waals surface area contributed by atoms with Crippen molar-refractivity contribution in [1.29, 1.82) is 0 Å². The molecule has 0 radical (unpaired) electrons. The molecule has 6 nitrogen and oxygen atoms in total. The second-order valence-electron chi connectivity index (χ2n) is 10.6. The summed E-state index contributed by atoms with van der Waals surface area (Å²) in [6.07, 6.45) is 0.764. The largest absolute Gasteiger partial charge is 0.383 e. The highest BCUT2D eigenvalue weighted by molar-refractivity contribution is 7.89. The van der Waals surface area contributed by atoms with Crippen molar-refractivity contribution in [3.05, 3.63) is 87.1 Å². The standard InChI is InChI=1S/C29H36N2O4S2/c1-21-6-8-22(9-7-21)28-25-15-19-36-26(25)14-16-31(28)27(32)20-30(17-18-35-5)37(33,34)24-12-10-23(11-13-24)29(2,3)4/h6-13,15,19,28H,14,16-18,20H2,1-5H3. The molecule has 3 aromatic rings. The minimum absolute atomic E-state index is 0.0895. The molecule has 1 atom stereocenters. The van der Waals surface area contributed by atoms with Gasteiger partial charge in [0.2, 0.25) is 15.9 Å². The third kappa shape index (κ3) is 5.98. The Hall–Kier alpha value is -2.52. The number of hydrogen-bond donors (Lipinski definition) is 0. The van der Waals surface area contributed by atoms with Crippen molar-refractivity contribution >= 4 is 27.3 Å². The molecule has 0 spiro atoms. The van der Waals surface area contributed by atoms with E-state index in [2.05, 4.69) is 56.5 Å². The molecule has 2 aromatic carbocycles. The SMILES string of the molecule is COCCN(CC(=O)N1CCc2sccc2C1c1ccc(C)cc1)S(=O)(=O)c1ccc(C(C)(C)C)cc1.